The maximum absolute atomic E-state index is 12.6. The fourth-order valence-electron chi connectivity index (χ4n) is 7.09. The summed E-state index contributed by atoms with van der Waals surface area (Å²) in [6.45, 7) is 1.51. The van der Waals surface area contributed by atoms with Crippen LogP contribution in [0.2, 0.25) is 0 Å². The van der Waals surface area contributed by atoms with Gasteiger partial charge in [-0.1, -0.05) is 59.9 Å². The average Bonchev–Trinajstić information content (AvgIpc) is 3.66. The van der Waals surface area contributed by atoms with Crippen LogP contribution < -0.4 is 10.6 Å². The molecule has 8 aromatic rings. The molecule has 70 heavy (non-hydrogen) atoms. The molecule has 0 fully saturated rings. The second-order valence-electron chi connectivity index (χ2n) is 14.8. The summed E-state index contributed by atoms with van der Waals surface area (Å²) in [5.74, 6) is -0.155. The Kier molecular flexibility index (Phi) is 12.9. The molecule has 6 N–H and O–H groups in total. The lowest BCUT2D eigenvalue weighted by Crippen LogP contribution is -2.05. The van der Waals surface area contributed by atoms with Gasteiger partial charge in [0.2, 0.25) is 0 Å². The molecule has 0 bridgehead atoms. The van der Waals surface area contributed by atoms with Crippen LogP contribution in [0.5, 0.6) is 0 Å². The minimum Gasteiger partial charge on any atom is -0.339 e. The fourth-order valence-corrected chi connectivity index (χ4v) is 10.4. The highest BCUT2D eigenvalue weighted by molar-refractivity contribution is 7.86. The standard InChI is InChI=1S/C44H29N9O12S5/c1-24-35(22-45)41(47-28-11-15-31(16-12-28)67(54,55)56)49-42(48-29-13-17-32(18-14-29)68(57,58)59)40(24)51-52-43-36(23-46)39(27-10-9-25-5-2-3-6-26(25)19-27)44(66-43)53-50-30-20-34-33(38(21-30)70(63,64)65)7-4-8-37(34)69(60,61)62/h2-21H,1H3,(H2,47,48,49)(H,54,55,56)(H,57,58,59)(H,60,61,62)(H,63,64,65). The van der Waals surface area contributed by atoms with Crippen molar-refractivity contribution in [3.05, 3.63) is 138 Å². The van der Waals surface area contributed by atoms with Crippen LogP contribution in [0.1, 0.15) is 16.7 Å². The second-order valence-corrected chi connectivity index (χ2v) is 21.4. The molecular formula is C44H29N9O12S5. The number of rotatable bonds is 13. The summed E-state index contributed by atoms with van der Waals surface area (Å²) in [5.41, 5.74) is 0.757. The molecule has 21 nitrogen and oxygen atoms in total. The van der Waals surface area contributed by atoms with Gasteiger partial charge in [-0.05, 0) is 96.1 Å². The topological polar surface area (TPSA) is 351 Å². The van der Waals surface area contributed by atoms with E-state index in [0.717, 1.165) is 64.6 Å². The second kappa shape index (κ2) is 18.5. The Bertz CT molecular complexity index is 4100. The van der Waals surface area contributed by atoms with E-state index in [4.69, 9.17) is 0 Å². The van der Waals surface area contributed by atoms with E-state index >= 15 is 0 Å². The molecule has 2 heterocycles. The Morgan fingerprint density at radius 1 is 0.543 bits per heavy atom. The predicted molar refractivity (Wildman–Crippen MR) is 257 cm³/mol. The van der Waals surface area contributed by atoms with Crippen molar-refractivity contribution in [3.63, 3.8) is 0 Å². The lowest BCUT2D eigenvalue weighted by atomic mass is 10.00. The molecule has 2 aromatic heterocycles. The van der Waals surface area contributed by atoms with Gasteiger partial charge >= 0.3 is 0 Å². The van der Waals surface area contributed by atoms with Gasteiger partial charge in [0.1, 0.15) is 38.2 Å². The van der Waals surface area contributed by atoms with E-state index in [1.54, 1.807) is 24.3 Å². The number of thiophene rings is 1. The van der Waals surface area contributed by atoms with Gasteiger partial charge in [-0.3, -0.25) is 18.2 Å². The molecule has 0 saturated heterocycles. The molecule has 26 heteroatoms. The third kappa shape index (κ3) is 10.1. The van der Waals surface area contributed by atoms with E-state index in [0.29, 0.717) is 5.56 Å². The van der Waals surface area contributed by atoms with Gasteiger partial charge in [-0.15, -0.1) is 20.5 Å². The molecule has 0 aliphatic heterocycles. The normalized spacial score (nSPS) is 12.4. The van der Waals surface area contributed by atoms with Crippen LogP contribution >= 0.6 is 11.3 Å². The minimum absolute atomic E-state index is 0.0155. The summed E-state index contributed by atoms with van der Waals surface area (Å²) in [5, 5.41) is 45.6. The quantitative estimate of drug-likeness (QED) is 0.0461. The molecule has 0 atom stereocenters. The smallest absolute Gasteiger partial charge is 0.295 e. The number of azo groups is 2. The SMILES string of the molecule is Cc1c(C#N)c(Nc2ccc(S(=O)(=O)O)cc2)nc(Nc2ccc(S(=O)(=O)O)cc2)c1N=Nc1sc(N=Nc2cc(S(=O)(=O)O)c3cccc(S(=O)(=O)O)c3c2)c(-c2ccc3ccccc3c2)c1C#N. The number of benzene rings is 6. The Morgan fingerprint density at radius 2 is 1.11 bits per heavy atom. The number of anilines is 4. The summed E-state index contributed by atoms with van der Waals surface area (Å²) < 4.78 is 136. The molecule has 0 radical (unpaired) electrons. The first-order valence-corrected chi connectivity index (χ1v) is 26.2. The molecule has 0 aliphatic rings. The lowest BCUT2D eigenvalue weighted by molar-refractivity contribution is 0.481. The van der Waals surface area contributed by atoms with Crippen molar-refractivity contribution in [3.8, 4) is 23.3 Å². The van der Waals surface area contributed by atoms with E-state index in [9.17, 15) is 62.4 Å². The Hall–Kier alpha value is -7.89. The van der Waals surface area contributed by atoms with E-state index < -0.39 is 60.1 Å². The van der Waals surface area contributed by atoms with Gasteiger partial charge < -0.3 is 10.6 Å². The van der Waals surface area contributed by atoms with Crippen molar-refractivity contribution < 1.29 is 51.9 Å². The number of fused-ring (bicyclic) bond motifs is 2. The van der Waals surface area contributed by atoms with Gasteiger partial charge in [-0.25, -0.2) is 4.98 Å². The highest BCUT2D eigenvalue weighted by Gasteiger charge is 2.25. The Labute approximate surface area is 401 Å². The number of pyridine rings is 1. The zero-order valence-corrected chi connectivity index (χ0v) is 39.4. The summed E-state index contributed by atoms with van der Waals surface area (Å²) >= 11 is 0.801. The van der Waals surface area contributed by atoms with Crippen LogP contribution in [-0.2, 0) is 40.5 Å². The van der Waals surface area contributed by atoms with Crippen molar-refractivity contribution >= 4 is 118 Å². The first kappa shape index (κ1) is 48.6. The molecule has 0 spiro atoms. The maximum Gasteiger partial charge on any atom is 0.295 e. The first-order chi connectivity index (χ1) is 33.0. The zero-order valence-electron chi connectivity index (χ0n) is 35.3. The van der Waals surface area contributed by atoms with Crippen LogP contribution in [0.15, 0.2) is 161 Å². The van der Waals surface area contributed by atoms with E-state index in [-0.39, 0.29) is 77.4 Å². The van der Waals surface area contributed by atoms with Crippen molar-refractivity contribution in [2.24, 2.45) is 20.5 Å². The molecule has 8 rings (SSSR count). The maximum atomic E-state index is 12.6. The molecular weight excluding hydrogens is 1010 g/mol. The Balaban J connectivity index is 1.30. The summed E-state index contributed by atoms with van der Waals surface area (Å²) in [6.07, 6.45) is 0. The van der Waals surface area contributed by atoms with Crippen molar-refractivity contribution in [2.45, 2.75) is 26.5 Å². The van der Waals surface area contributed by atoms with Crippen LogP contribution in [0.3, 0.4) is 0 Å². The average molecular weight is 1040 g/mol. The molecule has 0 aliphatic carbocycles. The molecule has 0 unspecified atom stereocenters. The third-order valence-electron chi connectivity index (χ3n) is 10.3. The van der Waals surface area contributed by atoms with Crippen LogP contribution in [-0.4, -0.2) is 56.9 Å². The summed E-state index contributed by atoms with van der Waals surface area (Å²) in [7, 11) is -19.0. The van der Waals surface area contributed by atoms with Crippen LogP contribution in [0.4, 0.5) is 44.4 Å². The third-order valence-corrected chi connectivity index (χ3v) is 14.8. The largest absolute Gasteiger partial charge is 0.339 e. The highest BCUT2D eigenvalue weighted by atomic mass is 32.2. The monoisotopic (exact) mass is 1040 g/mol. The van der Waals surface area contributed by atoms with Crippen molar-refractivity contribution in [1.29, 1.82) is 10.5 Å². The number of nitrogens with one attached hydrogen (secondary N) is 2. The highest BCUT2D eigenvalue weighted by Crippen LogP contribution is 2.49. The lowest BCUT2D eigenvalue weighted by Gasteiger charge is -2.16. The van der Waals surface area contributed by atoms with Crippen molar-refractivity contribution in [2.75, 3.05) is 10.6 Å². The number of hydrogen-bond donors (Lipinski definition) is 6. The number of nitriles is 2. The van der Waals surface area contributed by atoms with Gasteiger partial charge in [0.15, 0.2) is 16.6 Å². The summed E-state index contributed by atoms with van der Waals surface area (Å²) in [4.78, 5) is 2.34. The van der Waals surface area contributed by atoms with E-state index in [1.807, 2.05) is 18.2 Å². The fraction of sp³-hybridized carbons (Fsp3) is 0.0227. The van der Waals surface area contributed by atoms with Crippen molar-refractivity contribution in [1.82, 2.24) is 4.98 Å². The van der Waals surface area contributed by atoms with Gasteiger partial charge in [0.25, 0.3) is 40.5 Å². The molecule has 0 saturated carbocycles. The van der Waals surface area contributed by atoms with Crippen LogP contribution in [0, 0.1) is 29.6 Å². The van der Waals surface area contributed by atoms with Gasteiger partial charge in [0, 0.05) is 33.3 Å². The Morgan fingerprint density at radius 3 is 1.69 bits per heavy atom. The number of nitrogens with zero attached hydrogens (tertiary/aromatic N) is 7. The van der Waals surface area contributed by atoms with Crippen LogP contribution in [0.25, 0.3) is 32.7 Å². The van der Waals surface area contributed by atoms with E-state index in [1.165, 1.54) is 43.3 Å². The molecule has 6 aromatic carbocycles. The minimum atomic E-state index is -5.02. The molecule has 0 amide bonds. The zero-order chi connectivity index (χ0) is 50.3. The molecule has 352 valence electrons. The van der Waals surface area contributed by atoms with Gasteiger partial charge in [0.05, 0.1) is 21.0 Å². The number of hydrogen-bond acceptors (Lipinski definition) is 18. The predicted octanol–water partition coefficient (Wildman–Crippen LogP) is 10.5. The first-order valence-electron chi connectivity index (χ1n) is 19.6. The van der Waals surface area contributed by atoms with Gasteiger partial charge in [-0.2, -0.15) is 44.2 Å². The van der Waals surface area contributed by atoms with E-state index in [2.05, 4.69) is 48.2 Å². The number of aromatic nitrogens is 1. The summed E-state index contributed by atoms with van der Waals surface area (Å²) in [6, 6.07) is 31.9.